The van der Waals surface area contributed by atoms with E-state index in [2.05, 4.69) is 139 Å². The monoisotopic (exact) mass is 1100 g/mol. The van der Waals surface area contributed by atoms with E-state index in [0.29, 0.717) is 0 Å². The Bertz CT molecular complexity index is 2730. The van der Waals surface area contributed by atoms with Crippen LogP contribution >= 0.6 is 0 Å². The van der Waals surface area contributed by atoms with Gasteiger partial charge >= 0.3 is 0 Å². The first-order valence-electron chi connectivity index (χ1n) is 30.9. The van der Waals surface area contributed by atoms with Crippen molar-refractivity contribution in [1.82, 2.24) is 0 Å². The highest BCUT2D eigenvalue weighted by atomic mass is 16.5. The summed E-state index contributed by atoms with van der Waals surface area (Å²) in [6.07, 6.45) is 0. The summed E-state index contributed by atoms with van der Waals surface area (Å²) >= 11 is 0. The third-order valence-electron chi connectivity index (χ3n) is 11.5. The molecule has 1 aliphatic rings. The number of ether oxygens (including phenoxy) is 3. The zero-order valence-corrected chi connectivity index (χ0v) is 55.5. The molecule has 0 heterocycles. The molecule has 0 unspecified atom stereocenters. The van der Waals surface area contributed by atoms with Crippen LogP contribution < -0.4 is 14.2 Å². The van der Waals surface area contributed by atoms with Crippen molar-refractivity contribution in [2.45, 2.75) is 172 Å². The lowest BCUT2D eigenvalue weighted by molar-refractivity contribution is 0.469. The van der Waals surface area contributed by atoms with E-state index in [9.17, 15) is 0 Å². The average Bonchev–Trinajstić information content (AvgIpc) is 3.71. The van der Waals surface area contributed by atoms with E-state index >= 15 is 0 Å². The van der Waals surface area contributed by atoms with Crippen molar-refractivity contribution in [2.24, 2.45) is 0 Å². The first kappa shape index (κ1) is 76.4. The first-order valence-corrected chi connectivity index (χ1v) is 30.9. The highest BCUT2D eigenvalue weighted by molar-refractivity contribution is 5.86. The molecule has 442 valence electrons. The predicted octanol–water partition coefficient (Wildman–Crippen LogP) is 25.9. The molecule has 0 amide bonds. The van der Waals surface area contributed by atoms with E-state index in [1.165, 1.54) is 66.8 Å². The number of fused-ring (bicyclic) bond motifs is 3. The van der Waals surface area contributed by atoms with Crippen LogP contribution in [-0.4, -0.2) is 0 Å². The molecule has 10 rings (SSSR count). The molecular formula is C79H108O3. The molecule has 0 N–H and O–H groups in total. The number of aryl methyl sites for hydroxylation is 6. The van der Waals surface area contributed by atoms with Crippen molar-refractivity contribution < 1.29 is 14.2 Å². The van der Waals surface area contributed by atoms with Crippen molar-refractivity contribution in [3.63, 3.8) is 0 Å². The molecule has 9 aromatic rings. The van der Waals surface area contributed by atoms with Gasteiger partial charge in [-0.15, -0.1) is 0 Å². The minimum absolute atomic E-state index is 0.273. The molecule has 1 aliphatic carbocycles. The molecule has 9 aromatic carbocycles. The van der Waals surface area contributed by atoms with Crippen LogP contribution in [0.4, 0.5) is 0 Å². The van der Waals surface area contributed by atoms with Gasteiger partial charge < -0.3 is 14.2 Å². The summed E-state index contributed by atoms with van der Waals surface area (Å²) in [6, 6.07) is 75.5. The SMILES string of the molecule is CC.CC.CC.CC.CC.CC.CC.CC.CC.Cc1ccc(Oc2ccc(C)cc2)cc1.Cc1ccc(Oc2ccc(Oc3ccc(C)cc3)cc2)cc1.Cc1cccc(C2(c3cccc(C)c3)c3ccccc3-c3ccccc32)c1. The summed E-state index contributed by atoms with van der Waals surface area (Å²) in [6.45, 7) is 48.6. The third kappa shape index (κ3) is 23.8. The molecule has 0 saturated carbocycles. The molecule has 0 radical (unpaired) electrons. The molecule has 0 aliphatic heterocycles. The minimum Gasteiger partial charge on any atom is -0.457 e. The van der Waals surface area contributed by atoms with Crippen molar-refractivity contribution in [2.75, 3.05) is 0 Å². The fourth-order valence-corrected chi connectivity index (χ4v) is 8.19. The largest absolute Gasteiger partial charge is 0.457 e. The van der Waals surface area contributed by atoms with E-state index in [1.54, 1.807) is 0 Å². The van der Waals surface area contributed by atoms with Crippen molar-refractivity contribution in [3.05, 3.63) is 274 Å². The Kier molecular flexibility index (Phi) is 42.9. The van der Waals surface area contributed by atoms with Crippen LogP contribution in [0.3, 0.4) is 0 Å². The number of benzene rings is 9. The van der Waals surface area contributed by atoms with Crippen molar-refractivity contribution >= 4 is 0 Å². The van der Waals surface area contributed by atoms with Gasteiger partial charge in [-0.2, -0.15) is 0 Å². The molecule has 82 heavy (non-hydrogen) atoms. The lowest BCUT2D eigenvalue weighted by atomic mass is 9.67. The van der Waals surface area contributed by atoms with Crippen LogP contribution in [0.25, 0.3) is 11.1 Å². The van der Waals surface area contributed by atoms with Gasteiger partial charge in [0.2, 0.25) is 0 Å². The summed E-state index contributed by atoms with van der Waals surface area (Å²) in [5.41, 5.74) is 15.3. The van der Waals surface area contributed by atoms with Gasteiger partial charge in [-0.25, -0.2) is 0 Å². The van der Waals surface area contributed by atoms with Gasteiger partial charge in [-0.05, 0) is 148 Å². The van der Waals surface area contributed by atoms with Gasteiger partial charge in [-0.1, -0.05) is 304 Å². The number of hydrogen-bond donors (Lipinski definition) is 0. The summed E-state index contributed by atoms with van der Waals surface area (Å²) in [7, 11) is 0. The number of hydrogen-bond acceptors (Lipinski definition) is 3. The molecule has 0 fully saturated rings. The van der Waals surface area contributed by atoms with Gasteiger partial charge in [0.15, 0.2) is 0 Å². The first-order chi connectivity index (χ1) is 40.1. The maximum atomic E-state index is 5.80. The zero-order chi connectivity index (χ0) is 62.5. The molecule has 0 aromatic heterocycles. The molecule has 0 bridgehead atoms. The molecular weight excluding hydrogens is 997 g/mol. The van der Waals surface area contributed by atoms with E-state index in [-0.39, 0.29) is 5.41 Å². The van der Waals surface area contributed by atoms with Gasteiger partial charge in [0.1, 0.15) is 34.5 Å². The van der Waals surface area contributed by atoms with Gasteiger partial charge in [0.25, 0.3) is 0 Å². The van der Waals surface area contributed by atoms with Crippen molar-refractivity contribution in [1.29, 1.82) is 0 Å². The second kappa shape index (κ2) is 46.0. The Labute approximate surface area is 502 Å². The Hall–Kier alpha value is -7.62. The van der Waals surface area contributed by atoms with Crippen LogP contribution in [0.1, 0.15) is 180 Å². The zero-order valence-electron chi connectivity index (χ0n) is 55.5. The van der Waals surface area contributed by atoms with Crippen molar-refractivity contribution in [3.8, 4) is 45.6 Å². The second-order valence-corrected chi connectivity index (χ2v) is 16.6. The topological polar surface area (TPSA) is 27.7 Å². The quantitative estimate of drug-likeness (QED) is 0.152. The Balaban J connectivity index is 0. The minimum atomic E-state index is -0.273. The van der Waals surface area contributed by atoms with Crippen LogP contribution in [0.5, 0.6) is 34.5 Å². The van der Waals surface area contributed by atoms with E-state index in [4.69, 9.17) is 14.2 Å². The Morgan fingerprint density at radius 2 is 0.415 bits per heavy atom. The standard InChI is InChI=1S/C27H22.C20H18O2.C14H14O.9C2H6/c1-19-9-7-11-21(17-19)27(22-12-8-10-20(2)18-22)25-15-5-3-13-23(25)24-14-4-6-16-26(24)27;1-15-3-7-17(8-4-15)21-19-11-13-20(14-12-19)22-18-9-5-16(2)6-10-18;1-11-3-7-13(8-4-11)15-14-9-5-12(2)6-10-14;9*1-2/h3-18H,1-2H3;3-14H,1-2H3;3-10H,1-2H3;9*1-2H3. The van der Waals surface area contributed by atoms with Crippen LogP contribution in [0, 0.1) is 41.5 Å². The second-order valence-electron chi connectivity index (χ2n) is 16.6. The van der Waals surface area contributed by atoms with E-state index in [0.717, 1.165) is 34.5 Å². The third-order valence-corrected chi connectivity index (χ3v) is 11.5. The maximum Gasteiger partial charge on any atom is 0.127 e. The van der Waals surface area contributed by atoms with E-state index in [1.807, 2.05) is 246 Å². The maximum absolute atomic E-state index is 5.80. The molecule has 3 heteroatoms. The highest BCUT2D eigenvalue weighted by Gasteiger charge is 2.45. The van der Waals surface area contributed by atoms with Crippen LogP contribution in [0.15, 0.2) is 218 Å². The molecule has 0 atom stereocenters. The molecule has 3 nitrogen and oxygen atoms in total. The van der Waals surface area contributed by atoms with Gasteiger partial charge in [-0.3, -0.25) is 0 Å². The average molecular weight is 1110 g/mol. The van der Waals surface area contributed by atoms with Crippen LogP contribution in [0.2, 0.25) is 0 Å². The normalized spacial score (nSPS) is 9.80. The summed E-state index contributed by atoms with van der Waals surface area (Å²) < 4.78 is 17.3. The fourth-order valence-electron chi connectivity index (χ4n) is 8.19. The fraction of sp³-hybridized carbons (Fsp3) is 0.316. The lowest BCUT2D eigenvalue weighted by Gasteiger charge is -2.34. The van der Waals surface area contributed by atoms with Gasteiger partial charge in [0.05, 0.1) is 5.41 Å². The molecule has 0 saturated heterocycles. The predicted molar refractivity (Wildman–Crippen MR) is 367 cm³/mol. The van der Waals surface area contributed by atoms with E-state index < -0.39 is 0 Å². The molecule has 0 spiro atoms. The Morgan fingerprint density at radius 3 is 0.634 bits per heavy atom. The summed E-state index contributed by atoms with van der Waals surface area (Å²) in [4.78, 5) is 0. The smallest absolute Gasteiger partial charge is 0.127 e. The highest BCUT2D eigenvalue weighted by Crippen LogP contribution is 2.56. The summed E-state index contributed by atoms with van der Waals surface area (Å²) in [5.74, 6) is 5.00. The number of rotatable bonds is 8. The lowest BCUT2D eigenvalue weighted by Crippen LogP contribution is -2.28. The Morgan fingerprint density at radius 1 is 0.207 bits per heavy atom. The van der Waals surface area contributed by atoms with Crippen LogP contribution in [-0.2, 0) is 5.41 Å². The summed E-state index contributed by atoms with van der Waals surface area (Å²) in [5, 5.41) is 0. The van der Waals surface area contributed by atoms with Gasteiger partial charge in [0, 0.05) is 0 Å².